The smallest absolute Gasteiger partial charge is 0.0877 e. The van der Waals surface area contributed by atoms with E-state index >= 15 is 0 Å². The van der Waals surface area contributed by atoms with Gasteiger partial charge in [0.15, 0.2) is 0 Å². The van der Waals surface area contributed by atoms with Crippen LogP contribution in [0.2, 0.25) is 0 Å². The summed E-state index contributed by atoms with van der Waals surface area (Å²) in [5.41, 5.74) is 0.980. The average molecular weight is 178 g/mol. The second-order valence-electron chi connectivity index (χ2n) is 2.74. The van der Waals surface area contributed by atoms with Gasteiger partial charge in [-0.1, -0.05) is 6.58 Å². The first kappa shape index (κ1) is 11.6. The predicted molar refractivity (Wildman–Crippen MR) is 50.7 cm³/mol. The maximum absolute atomic E-state index is 8.46. The molecule has 0 aromatic heterocycles. The average Bonchev–Trinajstić information content (AvgIpc) is 2.05. The molecule has 0 aliphatic heterocycles. The van der Waals surface area contributed by atoms with Gasteiger partial charge in [0.25, 0.3) is 0 Å². The van der Waals surface area contributed by atoms with Crippen molar-refractivity contribution in [3.05, 3.63) is 12.2 Å². The van der Waals surface area contributed by atoms with Crippen LogP contribution < -0.4 is 5.32 Å². The Hall–Kier alpha value is -1.36. The molecule has 0 spiro atoms. The van der Waals surface area contributed by atoms with Crippen molar-refractivity contribution in [2.45, 2.75) is 0 Å². The minimum absolute atomic E-state index is 0.274. The van der Waals surface area contributed by atoms with Crippen LogP contribution in [0.4, 0.5) is 0 Å². The van der Waals surface area contributed by atoms with Crippen molar-refractivity contribution >= 4 is 0 Å². The van der Waals surface area contributed by atoms with Gasteiger partial charge in [0.05, 0.1) is 25.2 Å². The van der Waals surface area contributed by atoms with Gasteiger partial charge in [0.1, 0.15) is 0 Å². The Bertz CT molecular complexity index is 217. The molecule has 0 aromatic rings. The zero-order valence-electron chi connectivity index (χ0n) is 7.88. The lowest BCUT2D eigenvalue weighted by Crippen LogP contribution is -2.29. The lowest BCUT2D eigenvalue weighted by Gasteiger charge is -2.16. The fourth-order valence-corrected chi connectivity index (χ4v) is 0.990. The number of nitriles is 2. The molecule has 0 heterocycles. The Morgan fingerprint density at radius 3 is 2.31 bits per heavy atom. The minimum Gasteiger partial charge on any atom is -0.316 e. The molecular weight excluding hydrogens is 164 g/mol. The van der Waals surface area contributed by atoms with Gasteiger partial charge in [-0.2, -0.15) is 10.5 Å². The van der Waals surface area contributed by atoms with E-state index < -0.39 is 0 Å². The van der Waals surface area contributed by atoms with Crippen LogP contribution in [0, 0.1) is 22.7 Å². The quantitative estimate of drug-likeness (QED) is 0.463. The molecule has 4 nitrogen and oxygen atoms in total. The largest absolute Gasteiger partial charge is 0.316 e. The molecular formula is C9H14N4. The van der Waals surface area contributed by atoms with Gasteiger partial charge in [-0.15, -0.1) is 0 Å². The molecule has 13 heavy (non-hydrogen) atoms. The molecule has 0 unspecified atom stereocenters. The molecule has 0 atom stereocenters. The first-order chi connectivity index (χ1) is 6.24. The fourth-order valence-electron chi connectivity index (χ4n) is 0.990. The summed E-state index contributed by atoms with van der Waals surface area (Å²) in [7, 11) is 1.84. The fraction of sp³-hybridized carbons (Fsp3) is 0.556. The van der Waals surface area contributed by atoms with Crippen LogP contribution >= 0.6 is 0 Å². The standard InChI is InChI=1S/C9H14N4/c1-9(7-12-2)8-13(5-3-10)6-4-11/h12H,1,5-8H2,2H3. The number of rotatable bonds is 6. The van der Waals surface area contributed by atoms with Gasteiger partial charge in [0.2, 0.25) is 0 Å². The third kappa shape index (κ3) is 5.86. The maximum Gasteiger partial charge on any atom is 0.0877 e. The van der Waals surface area contributed by atoms with Crippen molar-refractivity contribution < 1.29 is 0 Å². The van der Waals surface area contributed by atoms with Crippen molar-refractivity contribution in [3.8, 4) is 12.1 Å². The van der Waals surface area contributed by atoms with Crippen molar-refractivity contribution in [2.24, 2.45) is 0 Å². The van der Waals surface area contributed by atoms with Gasteiger partial charge in [-0.25, -0.2) is 0 Å². The Labute approximate surface area is 79.1 Å². The van der Waals surface area contributed by atoms with Gasteiger partial charge < -0.3 is 5.32 Å². The van der Waals surface area contributed by atoms with Crippen LogP contribution in [0.5, 0.6) is 0 Å². The van der Waals surface area contributed by atoms with Crippen LogP contribution in [0.3, 0.4) is 0 Å². The number of hydrogen-bond acceptors (Lipinski definition) is 4. The van der Waals surface area contributed by atoms with E-state index in [-0.39, 0.29) is 13.1 Å². The molecule has 0 radical (unpaired) electrons. The Kier molecular flexibility index (Phi) is 6.53. The van der Waals surface area contributed by atoms with E-state index in [0.29, 0.717) is 13.1 Å². The molecule has 0 saturated carbocycles. The minimum atomic E-state index is 0.274. The van der Waals surface area contributed by atoms with Gasteiger partial charge in [-0.05, 0) is 12.6 Å². The van der Waals surface area contributed by atoms with Crippen LogP contribution in [0.15, 0.2) is 12.2 Å². The summed E-state index contributed by atoms with van der Waals surface area (Å²) in [6.45, 7) is 5.69. The van der Waals surface area contributed by atoms with Crippen molar-refractivity contribution in [1.82, 2.24) is 10.2 Å². The first-order valence-electron chi connectivity index (χ1n) is 4.02. The summed E-state index contributed by atoms with van der Waals surface area (Å²) in [5.74, 6) is 0. The lowest BCUT2D eigenvalue weighted by atomic mass is 10.3. The maximum atomic E-state index is 8.46. The van der Waals surface area contributed by atoms with E-state index in [2.05, 4.69) is 11.9 Å². The van der Waals surface area contributed by atoms with Crippen LogP contribution in [0.25, 0.3) is 0 Å². The summed E-state index contributed by atoms with van der Waals surface area (Å²) in [6, 6.07) is 4.03. The summed E-state index contributed by atoms with van der Waals surface area (Å²) in [6.07, 6.45) is 0. The summed E-state index contributed by atoms with van der Waals surface area (Å²) < 4.78 is 0. The molecule has 0 fully saturated rings. The highest BCUT2D eigenvalue weighted by Crippen LogP contribution is 1.94. The Morgan fingerprint density at radius 1 is 1.38 bits per heavy atom. The zero-order chi connectivity index (χ0) is 10.1. The molecule has 0 saturated heterocycles. The second kappa shape index (κ2) is 7.30. The van der Waals surface area contributed by atoms with E-state index in [1.807, 2.05) is 19.2 Å². The molecule has 70 valence electrons. The van der Waals surface area contributed by atoms with Gasteiger partial charge >= 0.3 is 0 Å². The lowest BCUT2D eigenvalue weighted by molar-refractivity contribution is 0.369. The van der Waals surface area contributed by atoms with Crippen LogP contribution in [-0.2, 0) is 0 Å². The van der Waals surface area contributed by atoms with E-state index in [4.69, 9.17) is 10.5 Å². The highest BCUT2D eigenvalue weighted by molar-refractivity contribution is 5.01. The Morgan fingerprint density at radius 2 is 1.92 bits per heavy atom. The third-order valence-corrected chi connectivity index (χ3v) is 1.46. The normalized spacial score (nSPS) is 9.23. The molecule has 0 aromatic carbocycles. The number of nitrogens with one attached hydrogen (secondary N) is 1. The number of nitrogens with zero attached hydrogens (tertiary/aromatic N) is 3. The summed E-state index contributed by atoms with van der Waals surface area (Å²) in [4.78, 5) is 1.75. The number of hydrogen-bond donors (Lipinski definition) is 1. The molecule has 0 rings (SSSR count). The Balaban J connectivity index is 3.89. The molecule has 0 aliphatic carbocycles. The highest BCUT2D eigenvalue weighted by Gasteiger charge is 2.04. The SMILES string of the molecule is C=C(CNC)CN(CC#N)CC#N. The summed E-state index contributed by atoms with van der Waals surface area (Å²) in [5, 5.41) is 19.9. The third-order valence-electron chi connectivity index (χ3n) is 1.46. The molecule has 0 aliphatic rings. The predicted octanol–water partition coefficient (Wildman–Crippen LogP) is 0.111. The van der Waals surface area contributed by atoms with Gasteiger partial charge in [-0.3, -0.25) is 4.90 Å². The van der Waals surface area contributed by atoms with Crippen molar-refractivity contribution in [1.29, 1.82) is 10.5 Å². The molecule has 1 N–H and O–H groups in total. The van der Waals surface area contributed by atoms with Crippen LogP contribution in [0.1, 0.15) is 0 Å². The second-order valence-corrected chi connectivity index (χ2v) is 2.74. The van der Waals surface area contributed by atoms with Crippen LogP contribution in [-0.4, -0.2) is 38.1 Å². The molecule has 0 bridgehead atoms. The van der Waals surface area contributed by atoms with Crippen molar-refractivity contribution in [2.75, 3.05) is 33.2 Å². The highest BCUT2D eigenvalue weighted by atomic mass is 15.1. The van der Waals surface area contributed by atoms with E-state index in [9.17, 15) is 0 Å². The zero-order valence-corrected chi connectivity index (χ0v) is 7.88. The molecule has 0 amide bonds. The van der Waals surface area contributed by atoms with E-state index in [1.54, 1.807) is 4.90 Å². The first-order valence-corrected chi connectivity index (χ1v) is 4.02. The van der Waals surface area contributed by atoms with Crippen molar-refractivity contribution in [3.63, 3.8) is 0 Å². The summed E-state index contributed by atoms with van der Waals surface area (Å²) >= 11 is 0. The monoisotopic (exact) mass is 178 g/mol. The van der Waals surface area contributed by atoms with E-state index in [1.165, 1.54) is 0 Å². The number of likely N-dealkylation sites (N-methyl/N-ethyl adjacent to an activating group) is 1. The molecule has 4 heteroatoms. The van der Waals surface area contributed by atoms with Gasteiger partial charge in [0, 0.05) is 13.1 Å². The van der Waals surface area contributed by atoms with E-state index in [0.717, 1.165) is 5.57 Å². The topological polar surface area (TPSA) is 62.9 Å².